The van der Waals surface area contributed by atoms with Gasteiger partial charge in [-0.25, -0.2) is 4.79 Å². The number of para-hydroxylation sites is 1. The average molecular weight is 496 g/mol. The highest BCUT2D eigenvalue weighted by Gasteiger charge is 2.54. The van der Waals surface area contributed by atoms with Crippen molar-refractivity contribution in [2.45, 2.75) is 76.3 Å². The number of carbonyl (C=O) groups is 3. The summed E-state index contributed by atoms with van der Waals surface area (Å²) in [6.07, 6.45) is 8.93. The summed E-state index contributed by atoms with van der Waals surface area (Å²) in [6, 6.07) is 10.3. The van der Waals surface area contributed by atoms with Crippen molar-refractivity contribution in [3.05, 3.63) is 30.3 Å². The van der Waals surface area contributed by atoms with Crippen molar-refractivity contribution in [2.75, 3.05) is 44.3 Å². The Balaban J connectivity index is 1.27. The lowest BCUT2D eigenvalue weighted by Gasteiger charge is -2.43. The number of likely N-dealkylation sites (tertiary alicyclic amines) is 2. The molecule has 36 heavy (non-hydrogen) atoms. The Morgan fingerprint density at radius 1 is 0.917 bits per heavy atom. The van der Waals surface area contributed by atoms with Crippen molar-refractivity contribution in [3.63, 3.8) is 0 Å². The number of carbonyl (C=O) groups excluding carboxylic acids is 3. The van der Waals surface area contributed by atoms with E-state index in [1.807, 2.05) is 40.1 Å². The van der Waals surface area contributed by atoms with E-state index in [0.717, 1.165) is 44.5 Å². The smallest absolute Gasteiger partial charge is 0.317 e. The molecule has 8 heteroatoms. The van der Waals surface area contributed by atoms with Crippen molar-refractivity contribution in [2.24, 2.45) is 5.92 Å². The van der Waals surface area contributed by atoms with Crippen LogP contribution in [-0.2, 0) is 9.59 Å². The fourth-order valence-corrected chi connectivity index (χ4v) is 6.44. The maximum absolute atomic E-state index is 13.9. The van der Waals surface area contributed by atoms with E-state index in [1.54, 1.807) is 4.90 Å². The number of nitrogens with zero attached hydrogens (tertiary/aromatic N) is 4. The van der Waals surface area contributed by atoms with Gasteiger partial charge in [-0.2, -0.15) is 0 Å². The van der Waals surface area contributed by atoms with E-state index in [4.69, 9.17) is 0 Å². The second kappa shape index (κ2) is 10.7. The van der Waals surface area contributed by atoms with Gasteiger partial charge in [-0.1, -0.05) is 44.4 Å². The van der Waals surface area contributed by atoms with Gasteiger partial charge in [0.1, 0.15) is 12.1 Å². The Morgan fingerprint density at radius 3 is 2.25 bits per heavy atom. The van der Waals surface area contributed by atoms with Gasteiger partial charge in [-0.05, 0) is 56.6 Å². The Kier molecular flexibility index (Phi) is 7.39. The zero-order valence-electron chi connectivity index (χ0n) is 21.7. The first-order chi connectivity index (χ1) is 17.5. The van der Waals surface area contributed by atoms with Crippen LogP contribution >= 0.6 is 0 Å². The number of amides is 4. The van der Waals surface area contributed by atoms with Gasteiger partial charge in [0.25, 0.3) is 5.91 Å². The fourth-order valence-electron chi connectivity index (χ4n) is 6.44. The molecule has 1 N–H and O–H groups in total. The maximum atomic E-state index is 13.9. The van der Waals surface area contributed by atoms with Crippen LogP contribution in [0.3, 0.4) is 0 Å². The van der Waals surface area contributed by atoms with Crippen LogP contribution in [-0.4, -0.2) is 83.5 Å². The van der Waals surface area contributed by atoms with Crippen molar-refractivity contribution in [1.82, 2.24) is 20.0 Å². The Bertz CT molecular complexity index is 932. The molecule has 0 aromatic heterocycles. The van der Waals surface area contributed by atoms with E-state index in [2.05, 4.69) is 17.1 Å². The quantitative estimate of drug-likeness (QED) is 0.695. The molecule has 1 aliphatic carbocycles. The summed E-state index contributed by atoms with van der Waals surface area (Å²) in [5.74, 6) is 0.724. The first kappa shape index (κ1) is 24.9. The molecule has 5 rings (SSSR count). The lowest BCUT2D eigenvalue weighted by atomic mass is 9.85. The normalized spacial score (nSPS) is 23.4. The first-order valence-electron chi connectivity index (χ1n) is 13.9. The summed E-state index contributed by atoms with van der Waals surface area (Å²) in [7, 11) is 0. The topological polar surface area (TPSA) is 76.2 Å². The molecule has 4 fully saturated rings. The third-order valence-electron chi connectivity index (χ3n) is 8.86. The van der Waals surface area contributed by atoms with Crippen LogP contribution < -0.4 is 10.2 Å². The molecule has 3 heterocycles. The average Bonchev–Trinajstić information content (AvgIpc) is 3.16. The van der Waals surface area contributed by atoms with Crippen LogP contribution in [0.4, 0.5) is 10.5 Å². The molecule has 8 nitrogen and oxygen atoms in total. The fraction of sp³-hybridized carbons (Fsp3) is 0.679. The summed E-state index contributed by atoms with van der Waals surface area (Å²) in [4.78, 5) is 47.7. The van der Waals surface area contributed by atoms with Crippen LogP contribution in [0.15, 0.2) is 30.3 Å². The third kappa shape index (κ3) is 5.04. The van der Waals surface area contributed by atoms with E-state index in [-0.39, 0.29) is 30.4 Å². The second-order valence-corrected chi connectivity index (χ2v) is 11.3. The number of anilines is 1. The van der Waals surface area contributed by atoms with Crippen LogP contribution in [0, 0.1) is 5.92 Å². The number of rotatable bonds is 4. The Morgan fingerprint density at radius 2 is 1.58 bits per heavy atom. The molecule has 1 spiro atoms. The van der Waals surface area contributed by atoms with Crippen molar-refractivity contribution in [1.29, 1.82) is 0 Å². The summed E-state index contributed by atoms with van der Waals surface area (Å²) in [5.41, 5.74) is 0.285. The number of benzene rings is 1. The van der Waals surface area contributed by atoms with E-state index in [0.29, 0.717) is 38.5 Å². The molecule has 0 radical (unpaired) electrons. The maximum Gasteiger partial charge on any atom is 0.317 e. The molecule has 196 valence electrons. The minimum absolute atomic E-state index is 0.000169. The molecule has 0 bridgehead atoms. The molecule has 4 aliphatic rings. The molecule has 4 amide bonds. The molecule has 1 aromatic carbocycles. The number of urea groups is 1. The molecule has 3 aliphatic heterocycles. The summed E-state index contributed by atoms with van der Waals surface area (Å²) < 4.78 is 0. The van der Waals surface area contributed by atoms with Gasteiger partial charge in [0.05, 0.1) is 6.67 Å². The number of nitrogens with one attached hydrogen (secondary N) is 1. The molecule has 0 unspecified atom stereocenters. The van der Waals surface area contributed by atoms with Gasteiger partial charge in [-0.15, -0.1) is 0 Å². The van der Waals surface area contributed by atoms with Crippen molar-refractivity contribution in [3.8, 4) is 0 Å². The highest BCUT2D eigenvalue weighted by atomic mass is 16.2. The first-order valence-corrected chi connectivity index (χ1v) is 13.9. The van der Waals surface area contributed by atoms with Crippen LogP contribution in [0.2, 0.25) is 0 Å². The zero-order valence-corrected chi connectivity index (χ0v) is 21.7. The van der Waals surface area contributed by atoms with Crippen LogP contribution in [0.5, 0.6) is 0 Å². The summed E-state index contributed by atoms with van der Waals surface area (Å²) in [6.45, 7) is 5.41. The monoisotopic (exact) mass is 495 g/mol. The lowest BCUT2D eigenvalue weighted by Crippen LogP contribution is -2.59. The lowest BCUT2D eigenvalue weighted by molar-refractivity contribution is -0.141. The zero-order chi connectivity index (χ0) is 25.1. The SMILES string of the molecule is CC1CCN(C(=O)CN2CN(c3ccccc3)C3(CCN(C(=O)NC4CCCCC4)CC3)C2=O)CC1. The van der Waals surface area contributed by atoms with Gasteiger partial charge in [0, 0.05) is 37.9 Å². The highest BCUT2D eigenvalue weighted by Crippen LogP contribution is 2.39. The number of hydrogen-bond donors (Lipinski definition) is 1. The number of piperidine rings is 2. The van der Waals surface area contributed by atoms with E-state index >= 15 is 0 Å². The van der Waals surface area contributed by atoms with Gasteiger partial charge < -0.3 is 24.9 Å². The Labute approximate surface area is 215 Å². The molecule has 3 saturated heterocycles. The van der Waals surface area contributed by atoms with Gasteiger partial charge in [0.2, 0.25) is 5.91 Å². The second-order valence-electron chi connectivity index (χ2n) is 11.3. The van der Waals surface area contributed by atoms with Crippen molar-refractivity contribution >= 4 is 23.5 Å². The number of hydrogen-bond acceptors (Lipinski definition) is 4. The summed E-state index contributed by atoms with van der Waals surface area (Å²) in [5, 5.41) is 3.22. The Hall–Kier alpha value is -2.77. The van der Waals surface area contributed by atoms with E-state index < -0.39 is 5.54 Å². The van der Waals surface area contributed by atoms with Gasteiger partial charge in [-0.3, -0.25) is 9.59 Å². The van der Waals surface area contributed by atoms with Gasteiger partial charge >= 0.3 is 6.03 Å². The van der Waals surface area contributed by atoms with E-state index in [1.165, 1.54) is 19.3 Å². The van der Waals surface area contributed by atoms with E-state index in [9.17, 15) is 14.4 Å². The highest BCUT2D eigenvalue weighted by molar-refractivity contribution is 5.96. The standard InChI is InChI=1S/C28H41N5O3/c1-22-12-16-30(17-13-22)25(34)20-32-21-33(24-10-6-3-7-11-24)28(26(32)35)14-18-31(19-15-28)27(36)29-23-8-4-2-5-9-23/h3,6-7,10-11,22-23H,2,4-5,8-9,12-21H2,1H3,(H,29,36). The summed E-state index contributed by atoms with van der Waals surface area (Å²) >= 11 is 0. The molecular weight excluding hydrogens is 454 g/mol. The van der Waals surface area contributed by atoms with Crippen LogP contribution in [0.1, 0.15) is 64.7 Å². The molecule has 0 atom stereocenters. The van der Waals surface area contributed by atoms with Gasteiger partial charge in [0.15, 0.2) is 0 Å². The molecule has 1 aromatic rings. The predicted molar refractivity (Wildman–Crippen MR) is 139 cm³/mol. The van der Waals surface area contributed by atoms with Crippen LogP contribution in [0.25, 0.3) is 0 Å². The largest absolute Gasteiger partial charge is 0.341 e. The minimum Gasteiger partial charge on any atom is -0.341 e. The molecular formula is C28H41N5O3. The predicted octanol–water partition coefficient (Wildman–Crippen LogP) is 3.43. The third-order valence-corrected chi connectivity index (χ3v) is 8.86. The molecule has 1 saturated carbocycles. The minimum atomic E-state index is -0.709. The van der Waals surface area contributed by atoms with Crippen molar-refractivity contribution < 1.29 is 14.4 Å².